The van der Waals surface area contributed by atoms with E-state index < -0.39 is 0 Å². The fraction of sp³-hybridized carbons (Fsp3) is 0.476. The number of rotatable bonds is 5. The third kappa shape index (κ3) is 4.56. The number of hydrogen-bond donors (Lipinski definition) is 0. The molecule has 0 spiro atoms. The fourth-order valence-electron chi connectivity index (χ4n) is 3.52. The third-order valence-electron chi connectivity index (χ3n) is 5.04. The Morgan fingerprint density at radius 1 is 1.15 bits per heavy atom. The second kappa shape index (κ2) is 8.37. The van der Waals surface area contributed by atoms with E-state index in [0.29, 0.717) is 44.6 Å². The molecular formula is C21H27N3O3. The normalized spacial score (nSPS) is 15.0. The second-order valence-electron chi connectivity index (χ2n) is 7.10. The van der Waals surface area contributed by atoms with Gasteiger partial charge in [-0.1, -0.05) is 12.1 Å². The van der Waals surface area contributed by atoms with Crippen LogP contribution < -0.4 is 0 Å². The number of ether oxygens (including phenoxy) is 1. The molecule has 1 aromatic heterocycles. The Labute approximate surface area is 160 Å². The van der Waals surface area contributed by atoms with Crippen LogP contribution in [-0.4, -0.2) is 46.3 Å². The molecule has 1 aliphatic rings. The molecule has 0 atom stereocenters. The van der Waals surface area contributed by atoms with Gasteiger partial charge in [0.1, 0.15) is 0 Å². The average Bonchev–Trinajstić information content (AvgIpc) is 2.99. The van der Waals surface area contributed by atoms with E-state index >= 15 is 0 Å². The number of nitrogens with zero attached hydrogens (tertiary/aromatic N) is 3. The molecular weight excluding hydrogens is 342 g/mol. The second-order valence-corrected chi connectivity index (χ2v) is 7.10. The monoisotopic (exact) mass is 369 g/mol. The Hall–Kier alpha value is -2.63. The van der Waals surface area contributed by atoms with Gasteiger partial charge in [0.15, 0.2) is 0 Å². The Kier molecular flexibility index (Phi) is 5.94. The summed E-state index contributed by atoms with van der Waals surface area (Å²) < 4.78 is 7.05. The van der Waals surface area contributed by atoms with E-state index in [-0.39, 0.29) is 17.8 Å². The molecule has 6 heteroatoms. The number of benzene rings is 1. The maximum atomic E-state index is 12.7. The molecule has 144 valence electrons. The highest BCUT2D eigenvalue weighted by Gasteiger charge is 2.28. The summed E-state index contributed by atoms with van der Waals surface area (Å²) in [5.74, 6) is -0.204. The van der Waals surface area contributed by atoms with E-state index in [4.69, 9.17) is 4.74 Å². The van der Waals surface area contributed by atoms with Crippen LogP contribution in [0.25, 0.3) is 0 Å². The van der Waals surface area contributed by atoms with Crippen LogP contribution in [0.5, 0.6) is 0 Å². The van der Waals surface area contributed by atoms with Crippen molar-refractivity contribution >= 4 is 11.9 Å². The number of hydrogen-bond acceptors (Lipinski definition) is 4. The number of piperidine rings is 1. The SMILES string of the molecule is CCOC(=O)C1CCN(C(=O)c2ccc(Cn3nc(C)cc3C)cc2)CC1. The number of likely N-dealkylation sites (tertiary alicyclic amines) is 1. The molecule has 3 rings (SSSR count). The van der Waals surface area contributed by atoms with E-state index in [1.54, 1.807) is 0 Å². The third-order valence-corrected chi connectivity index (χ3v) is 5.04. The zero-order chi connectivity index (χ0) is 19.4. The lowest BCUT2D eigenvalue weighted by molar-refractivity contribution is -0.149. The van der Waals surface area contributed by atoms with Gasteiger partial charge in [0.05, 0.1) is 24.8 Å². The summed E-state index contributed by atoms with van der Waals surface area (Å²) in [5.41, 5.74) is 3.92. The van der Waals surface area contributed by atoms with Gasteiger partial charge in [-0.3, -0.25) is 14.3 Å². The Morgan fingerprint density at radius 3 is 2.37 bits per heavy atom. The number of aryl methyl sites for hydroxylation is 2. The maximum Gasteiger partial charge on any atom is 0.309 e. The predicted molar refractivity (Wildman–Crippen MR) is 103 cm³/mol. The number of aromatic nitrogens is 2. The van der Waals surface area contributed by atoms with Crippen LogP contribution in [0.1, 0.15) is 47.1 Å². The smallest absolute Gasteiger partial charge is 0.309 e. The zero-order valence-electron chi connectivity index (χ0n) is 16.3. The molecule has 1 aliphatic heterocycles. The highest BCUT2D eigenvalue weighted by Crippen LogP contribution is 2.20. The van der Waals surface area contributed by atoms with E-state index in [1.807, 2.05) is 54.6 Å². The van der Waals surface area contributed by atoms with Gasteiger partial charge in [-0.05, 0) is 57.4 Å². The molecule has 1 fully saturated rings. The zero-order valence-corrected chi connectivity index (χ0v) is 16.3. The van der Waals surface area contributed by atoms with E-state index in [2.05, 4.69) is 11.2 Å². The van der Waals surface area contributed by atoms with E-state index in [0.717, 1.165) is 17.0 Å². The topological polar surface area (TPSA) is 64.4 Å². The van der Waals surface area contributed by atoms with Crippen molar-refractivity contribution in [3.63, 3.8) is 0 Å². The molecule has 0 saturated carbocycles. The van der Waals surface area contributed by atoms with E-state index in [9.17, 15) is 9.59 Å². The minimum absolute atomic E-state index is 0.0231. The van der Waals surface area contributed by atoms with Crippen molar-refractivity contribution in [2.24, 2.45) is 5.92 Å². The van der Waals surface area contributed by atoms with Crippen LogP contribution in [0.15, 0.2) is 30.3 Å². The van der Waals surface area contributed by atoms with Gasteiger partial charge in [-0.2, -0.15) is 5.10 Å². The van der Waals surface area contributed by atoms with Crippen LogP contribution in [0.3, 0.4) is 0 Å². The molecule has 2 heterocycles. The molecule has 0 unspecified atom stereocenters. The number of carbonyl (C=O) groups excluding carboxylic acids is 2. The number of carbonyl (C=O) groups is 2. The van der Waals surface area contributed by atoms with Crippen molar-refractivity contribution in [2.45, 2.75) is 40.2 Å². The van der Waals surface area contributed by atoms with Crippen LogP contribution in [0.4, 0.5) is 0 Å². The molecule has 2 aromatic rings. The maximum absolute atomic E-state index is 12.7. The molecule has 27 heavy (non-hydrogen) atoms. The molecule has 0 aliphatic carbocycles. The van der Waals surface area contributed by atoms with Crippen molar-refractivity contribution in [2.75, 3.05) is 19.7 Å². The highest BCUT2D eigenvalue weighted by molar-refractivity contribution is 5.94. The van der Waals surface area contributed by atoms with Gasteiger partial charge in [0.2, 0.25) is 0 Å². The van der Waals surface area contributed by atoms with Crippen molar-refractivity contribution in [3.05, 3.63) is 52.8 Å². The molecule has 0 bridgehead atoms. The Morgan fingerprint density at radius 2 is 1.81 bits per heavy atom. The van der Waals surface area contributed by atoms with Gasteiger partial charge in [-0.15, -0.1) is 0 Å². The summed E-state index contributed by atoms with van der Waals surface area (Å²) in [6.07, 6.45) is 1.33. The average molecular weight is 369 g/mol. The Balaban J connectivity index is 1.58. The fourth-order valence-corrected chi connectivity index (χ4v) is 3.52. The summed E-state index contributed by atoms with van der Waals surface area (Å²) in [7, 11) is 0. The first-order valence-electron chi connectivity index (χ1n) is 9.54. The molecule has 6 nitrogen and oxygen atoms in total. The lowest BCUT2D eigenvalue weighted by atomic mass is 9.96. The summed E-state index contributed by atoms with van der Waals surface area (Å²) in [4.78, 5) is 26.4. The first-order chi connectivity index (χ1) is 13.0. The van der Waals surface area contributed by atoms with Crippen LogP contribution >= 0.6 is 0 Å². The summed E-state index contributed by atoms with van der Waals surface area (Å²) in [6, 6.07) is 9.77. The van der Waals surface area contributed by atoms with Crippen molar-refractivity contribution in [3.8, 4) is 0 Å². The molecule has 1 saturated heterocycles. The quantitative estimate of drug-likeness (QED) is 0.760. The lowest BCUT2D eigenvalue weighted by Crippen LogP contribution is -2.40. The standard InChI is InChI=1S/C21H27N3O3/c1-4-27-21(26)19-9-11-23(12-10-19)20(25)18-7-5-17(6-8-18)14-24-16(3)13-15(2)22-24/h5-8,13,19H,4,9-12,14H2,1-3H3. The Bertz CT molecular complexity index is 803. The van der Waals surface area contributed by atoms with Crippen LogP contribution in [-0.2, 0) is 16.1 Å². The van der Waals surface area contributed by atoms with Gasteiger partial charge in [-0.25, -0.2) is 0 Å². The van der Waals surface area contributed by atoms with E-state index in [1.165, 1.54) is 0 Å². The largest absolute Gasteiger partial charge is 0.466 e. The van der Waals surface area contributed by atoms with Crippen molar-refractivity contribution in [1.82, 2.24) is 14.7 Å². The minimum atomic E-state index is -0.141. The molecule has 1 aromatic carbocycles. The molecule has 0 N–H and O–H groups in total. The van der Waals surface area contributed by atoms with Crippen molar-refractivity contribution < 1.29 is 14.3 Å². The molecule has 1 amide bonds. The first kappa shape index (κ1) is 19.1. The lowest BCUT2D eigenvalue weighted by Gasteiger charge is -2.31. The number of amides is 1. The van der Waals surface area contributed by atoms with Gasteiger partial charge >= 0.3 is 5.97 Å². The summed E-state index contributed by atoms with van der Waals surface area (Å²) in [5, 5.41) is 4.47. The predicted octanol–water partition coefficient (Wildman–Crippen LogP) is 2.96. The molecule has 0 radical (unpaired) electrons. The van der Waals surface area contributed by atoms with Gasteiger partial charge < -0.3 is 9.64 Å². The van der Waals surface area contributed by atoms with Gasteiger partial charge in [0.25, 0.3) is 5.91 Å². The van der Waals surface area contributed by atoms with Crippen LogP contribution in [0, 0.1) is 19.8 Å². The first-order valence-corrected chi connectivity index (χ1v) is 9.54. The summed E-state index contributed by atoms with van der Waals surface area (Å²) >= 11 is 0. The summed E-state index contributed by atoms with van der Waals surface area (Å²) in [6.45, 7) is 8.12. The highest BCUT2D eigenvalue weighted by atomic mass is 16.5. The van der Waals surface area contributed by atoms with Crippen molar-refractivity contribution in [1.29, 1.82) is 0 Å². The minimum Gasteiger partial charge on any atom is -0.466 e. The van der Waals surface area contributed by atoms with Crippen LogP contribution in [0.2, 0.25) is 0 Å². The number of esters is 1. The van der Waals surface area contributed by atoms with Gasteiger partial charge in [0, 0.05) is 24.3 Å².